The third-order valence-corrected chi connectivity index (χ3v) is 3.76. The van der Waals surface area contributed by atoms with Crippen molar-refractivity contribution in [3.05, 3.63) is 31.8 Å². The Morgan fingerprint density at radius 3 is 2.85 bits per heavy atom. The maximum absolute atomic E-state index is 11.3. The van der Waals surface area contributed by atoms with Crippen LogP contribution in [0, 0.1) is 3.57 Å². The van der Waals surface area contributed by atoms with Crippen molar-refractivity contribution in [1.29, 1.82) is 0 Å². The van der Waals surface area contributed by atoms with E-state index in [1.807, 2.05) is 6.07 Å². The molecule has 1 aromatic rings. The van der Waals surface area contributed by atoms with Crippen molar-refractivity contribution in [2.75, 3.05) is 6.61 Å². The van der Waals surface area contributed by atoms with Gasteiger partial charge in [-0.3, -0.25) is 0 Å². The topological polar surface area (TPSA) is 26.3 Å². The number of carbonyl (C=O) groups is 1. The Morgan fingerprint density at radius 1 is 1.62 bits per heavy atom. The third kappa shape index (κ3) is 2.95. The summed E-state index contributed by atoms with van der Waals surface area (Å²) in [6, 6.07) is 5.38. The van der Waals surface area contributed by atoms with E-state index in [0.717, 1.165) is 8.04 Å². The average molecular weight is 355 g/mol. The highest BCUT2D eigenvalue weighted by molar-refractivity contribution is 14.1. The summed E-state index contributed by atoms with van der Waals surface area (Å²) in [6.07, 6.45) is 0. The summed E-state index contributed by atoms with van der Waals surface area (Å²) in [5, 5.41) is 0. The summed E-state index contributed by atoms with van der Waals surface area (Å²) >= 11 is 5.51. The molecule has 0 N–H and O–H groups in total. The van der Waals surface area contributed by atoms with Gasteiger partial charge in [0.15, 0.2) is 0 Å². The third-order valence-electron chi connectivity index (χ3n) is 1.43. The van der Waals surface area contributed by atoms with Gasteiger partial charge < -0.3 is 4.74 Å². The lowest BCUT2D eigenvalue weighted by Gasteiger charge is -2.02. The van der Waals surface area contributed by atoms with Crippen LogP contribution in [0.15, 0.2) is 22.7 Å². The van der Waals surface area contributed by atoms with Gasteiger partial charge in [0.05, 0.1) is 12.2 Å². The molecule has 0 bridgehead atoms. The standard InChI is InChI=1S/C9H8BrIO2/c1-2-13-9(12)6-3-4-7(10)8(11)5-6/h3-5H,2H2,1H3. The number of benzene rings is 1. The van der Waals surface area contributed by atoms with Crippen LogP contribution in [0.4, 0.5) is 0 Å². The second-order valence-electron chi connectivity index (χ2n) is 2.35. The van der Waals surface area contributed by atoms with E-state index < -0.39 is 0 Å². The fourth-order valence-electron chi connectivity index (χ4n) is 0.838. The van der Waals surface area contributed by atoms with E-state index in [0.29, 0.717) is 12.2 Å². The van der Waals surface area contributed by atoms with Crippen LogP contribution in [0.5, 0.6) is 0 Å². The molecule has 13 heavy (non-hydrogen) atoms. The summed E-state index contributed by atoms with van der Waals surface area (Å²) in [5.74, 6) is -0.270. The molecule has 0 heterocycles. The van der Waals surface area contributed by atoms with E-state index in [2.05, 4.69) is 38.5 Å². The monoisotopic (exact) mass is 354 g/mol. The molecule has 0 aliphatic heterocycles. The Bertz CT molecular complexity index is 325. The summed E-state index contributed by atoms with van der Waals surface area (Å²) in [6.45, 7) is 2.20. The van der Waals surface area contributed by atoms with Crippen molar-refractivity contribution >= 4 is 44.5 Å². The van der Waals surface area contributed by atoms with Crippen molar-refractivity contribution in [1.82, 2.24) is 0 Å². The lowest BCUT2D eigenvalue weighted by molar-refractivity contribution is 0.0526. The van der Waals surface area contributed by atoms with Crippen LogP contribution >= 0.6 is 38.5 Å². The Hall–Kier alpha value is -0.100. The minimum absolute atomic E-state index is 0.270. The number of carbonyl (C=O) groups excluding carboxylic acids is 1. The maximum atomic E-state index is 11.3. The van der Waals surface area contributed by atoms with E-state index in [-0.39, 0.29) is 5.97 Å². The Kier molecular flexibility index (Phi) is 4.18. The van der Waals surface area contributed by atoms with Gasteiger partial charge in [-0.15, -0.1) is 0 Å². The first kappa shape index (κ1) is 11.0. The van der Waals surface area contributed by atoms with Crippen molar-refractivity contribution in [3.63, 3.8) is 0 Å². The van der Waals surface area contributed by atoms with Crippen LogP contribution in [0.25, 0.3) is 0 Å². The first-order valence-electron chi connectivity index (χ1n) is 3.77. The number of esters is 1. The number of rotatable bonds is 2. The highest BCUT2D eigenvalue weighted by Gasteiger charge is 2.07. The normalized spacial score (nSPS) is 9.77. The molecule has 0 aliphatic carbocycles. The van der Waals surface area contributed by atoms with E-state index in [9.17, 15) is 4.79 Å². The fourth-order valence-corrected chi connectivity index (χ4v) is 1.60. The molecule has 0 radical (unpaired) electrons. The number of hydrogen-bond donors (Lipinski definition) is 0. The van der Waals surface area contributed by atoms with Gasteiger partial charge in [0.1, 0.15) is 0 Å². The summed E-state index contributed by atoms with van der Waals surface area (Å²) in [5.41, 5.74) is 0.592. The Balaban J connectivity index is 2.90. The SMILES string of the molecule is CCOC(=O)c1ccc(Br)c(I)c1. The fraction of sp³-hybridized carbons (Fsp3) is 0.222. The molecule has 0 spiro atoms. The van der Waals surface area contributed by atoms with Gasteiger partial charge in [0, 0.05) is 8.04 Å². The van der Waals surface area contributed by atoms with Gasteiger partial charge in [-0.1, -0.05) is 0 Å². The van der Waals surface area contributed by atoms with Crippen molar-refractivity contribution in [3.8, 4) is 0 Å². The zero-order chi connectivity index (χ0) is 9.84. The van der Waals surface area contributed by atoms with Crippen LogP contribution in [0.1, 0.15) is 17.3 Å². The number of ether oxygens (including phenoxy) is 1. The molecule has 0 saturated heterocycles. The zero-order valence-corrected chi connectivity index (χ0v) is 10.8. The molecule has 70 valence electrons. The second kappa shape index (κ2) is 4.95. The average Bonchev–Trinajstić information content (AvgIpc) is 2.10. The molecule has 0 aliphatic rings. The Labute approximate surface area is 98.9 Å². The van der Waals surface area contributed by atoms with Crippen molar-refractivity contribution in [2.45, 2.75) is 6.92 Å². The lowest BCUT2D eigenvalue weighted by Crippen LogP contribution is -2.04. The lowest BCUT2D eigenvalue weighted by atomic mass is 10.2. The molecule has 0 fully saturated rings. The van der Waals surface area contributed by atoms with E-state index in [1.54, 1.807) is 19.1 Å². The molecule has 0 saturated carbocycles. The molecule has 0 amide bonds. The molecular formula is C9H8BrIO2. The second-order valence-corrected chi connectivity index (χ2v) is 4.37. The minimum Gasteiger partial charge on any atom is -0.462 e. The van der Waals surface area contributed by atoms with Gasteiger partial charge in [-0.2, -0.15) is 0 Å². The highest BCUT2D eigenvalue weighted by atomic mass is 127. The number of hydrogen-bond acceptors (Lipinski definition) is 2. The molecule has 0 aromatic heterocycles. The van der Waals surface area contributed by atoms with Crippen molar-refractivity contribution in [2.24, 2.45) is 0 Å². The number of halogens is 2. The maximum Gasteiger partial charge on any atom is 0.338 e. The van der Waals surface area contributed by atoms with Crippen LogP contribution in [0.2, 0.25) is 0 Å². The smallest absolute Gasteiger partial charge is 0.338 e. The molecule has 0 unspecified atom stereocenters. The highest BCUT2D eigenvalue weighted by Crippen LogP contribution is 2.20. The van der Waals surface area contributed by atoms with E-state index in [4.69, 9.17) is 4.74 Å². The minimum atomic E-state index is -0.270. The van der Waals surface area contributed by atoms with E-state index in [1.165, 1.54) is 0 Å². The van der Waals surface area contributed by atoms with Gasteiger partial charge in [-0.25, -0.2) is 4.79 Å². The first-order chi connectivity index (χ1) is 6.15. The zero-order valence-electron chi connectivity index (χ0n) is 7.01. The largest absolute Gasteiger partial charge is 0.462 e. The first-order valence-corrected chi connectivity index (χ1v) is 5.64. The van der Waals surface area contributed by atoms with Crippen LogP contribution in [-0.4, -0.2) is 12.6 Å². The molecule has 1 aromatic carbocycles. The van der Waals surface area contributed by atoms with Gasteiger partial charge in [-0.05, 0) is 63.6 Å². The molecule has 4 heteroatoms. The summed E-state index contributed by atoms with van der Waals surface area (Å²) < 4.78 is 6.86. The summed E-state index contributed by atoms with van der Waals surface area (Å²) in [7, 11) is 0. The predicted molar refractivity (Wildman–Crippen MR) is 62.8 cm³/mol. The van der Waals surface area contributed by atoms with Gasteiger partial charge in [0.2, 0.25) is 0 Å². The Morgan fingerprint density at radius 2 is 2.31 bits per heavy atom. The van der Waals surface area contributed by atoms with E-state index >= 15 is 0 Å². The predicted octanol–water partition coefficient (Wildman–Crippen LogP) is 3.23. The van der Waals surface area contributed by atoms with Crippen LogP contribution < -0.4 is 0 Å². The molecule has 1 rings (SSSR count). The van der Waals surface area contributed by atoms with Gasteiger partial charge in [0.25, 0.3) is 0 Å². The summed E-state index contributed by atoms with van der Waals surface area (Å²) in [4.78, 5) is 11.3. The van der Waals surface area contributed by atoms with Crippen LogP contribution in [0.3, 0.4) is 0 Å². The molecular weight excluding hydrogens is 347 g/mol. The molecule has 0 atom stereocenters. The molecule has 2 nitrogen and oxygen atoms in total. The van der Waals surface area contributed by atoms with Gasteiger partial charge >= 0.3 is 5.97 Å². The van der Waals surface area contributed by atoms with Crippen molar-refractivity contribution < 1.29 is 9.53 Å². The quantitative estimate of drug-likeness (QED) is 0.602. The van der Waals surface area contributed by atoms with Crippen LogP contribution in [-0.2, 0) is 4.74 Å².